The molecule has 1 rings (SSSR count). The van der Waals surface area contributed by atoms with Gasteiger partial charge in [0, 0.05) is 22.8 Å². The Morgan fingerprint density at radius 1 is 1.22 bits per heavy atom. The van der Waals surface area contributed by atoms with E-state index in [-0.39, 0.29) is 6.54 Å². The van der Waals surface area contributed by atoms with Crippen molar-refractivity contribution in [1.82, 2.24) is 5.32 Å². The summed E-state index contributed by atoms with van der Waals surface area (Å²) in [6, 6.07) is 6.64. The second-order valence-corrected chi connectivity index (χ2v) is 5.48. The van der Waals surface area contributed by atoms with Gasteiger partial charge in [0.05, 0.1) is 6.61 Å². The molecule has 0 aliphatic rings. The van der Waals surface area contributed by atoms with Crippen molar-refractivity contribution in [2.75, 3.05) is 18.5 Å². The van der Waals surface area contributed by atoms with E-state index in [4.69, 9.17) is 4.74 Å². The fourth-order valence-electron chi connectivity index (χ4n) is 1.48. The minimum atomic E-state index is -0.770. The van der Waals surface area contributed by atoms with Crippen molar-refractivity contribution in [3.63, 3.8) is 0 Å². The van der Waals surface area contributed by atoms with Gasteiger partial charge in [-0.15, -0.1) is 0 Å². The number of amides is 2. The smallest absolute Gasteiger partial charge is 0.330 e. The Morgan fingerprint density at radius 2 is 1.87 bits per heavy atom. The minimum Gasteiger partial charge on any atom is -0.463 e. The first-order chi connectivity index (χ1) is 10.9. The molecule has 0 fully saturated rings. The highest BCUT2D eigenvalue weighted by Gasteiger charge is 2.12. The lowest BCUT2D eigenvalue weighted by atomic mass is 10.2. The average molecular weight is 381 g/mol. The lowest BCUT2D eigenvalue weighted by Gasteiger charge is -2.06. The Balaban J connectivity index is 2.56. The fraction of sp³-hybridized carbons (Fsp3) is 0.188. The van der Waals surface area contributed by atoms with Gasteiger partial charge < -0.3 is 15.4 Å². The van der Waals surface area contributed by atoms with E-state index in [1.165, 1.54) is 6.08 Å². The summed E-state index contributed by atoms with van der Waals surface area (Å²) in [5.41, 5.74) is 1.23. The van der Waals surface area contributed by atoms with E-state index in [0.717, 1.165) is 5.56 Å². The summed E-state index contributed by atoms with van der Waals surface area (Å²) in [5, 5.41) is 4.86. The van der Waals surface area contributed by atoms with Crippen molar-refractivity contribution in [3.8, 4) is 0 Å². The van der Waals surface area contributed by atoms with Crippen molar-refractivity contribution < 1.29 is 19.1 Å². The largest absolute Gasteiger partial charge is 0.463 e. The van der Waals surface area contributed by atoms with Crippen molar-refractivity contribution >= 4 is 45.5 Å². The van der Waals surface area contributed by atoms with Crippen LogP contribution >= 0.6 is 15.9 Å². The first kappa shape index (κ1) is 18.6. The Kier molecular flexibility index (Phi) is 7.76. The molecule has 2 N–H and O–H groups in total. The molecule has 0 aromatic heterocycles. The van der Waals surface area contributed by atoms with Crippen LogP contribution < -0.4 is 10.6 Å². The van der Waals surface area contributed by atoms with E-state index >= 15 is 0 Å². The predicted molar refractivity (Wildman–Crippen MR) is 91.8 cm³/mol. The first-order valence-electron chi connectivity index (χ1n) is 6.79. The maximum Gasteiger partial charge on any atom is 0.330 e. The summed E-state index contributed by atoms with van der Waals surface area (Å²) in [7, 11) is 0. The van der Waals surface area contributed by atoms with Crippen molar-refractivity contribution in [2.24, 2.45) is 0 Å². The SMILES string of the molecule is C=C(Br)CNC(=O)C(=O)Nc1ccc(/C=C/C(=O)OCC)cc1. The van der Waals surface area contributed by atoms with Gasteiger partial charge in [-0.05, 0) is 30.7 Å². The quantitative estimate of drug-likeness (QED) is 0.450. The summed E-state index contributed by atoms with van der Waals surface area (Å²) < 4.78 is 5.34. The number of carbonyl (C=O) groups excluding carboxylic acids is 3. The number of hydrogen-bond donors (Lipinski definition) is 2. The molecule has 0 radical (unpaired) electrons. The van der Waals surface area contributed by atoms with Crippen LogP contribution in [0.15, 0.2) is 41.4 Å². The molecule has 7 heteroatoms. The average Bonchev–Trinajstić information content (AvgIpc) is 2.52. The van der Waals surface area contributed by atoms with Gasteiger partial charge in [0.2, 0.25) is 0 Å². The molecule has 0 unspecified atom stereocenters. The first-order valence-corrected chi connectivity index (χ1v) is 7.59. The van der Waals surface area contributed by atoms with Gasteiger partial charge in [0.25, 0.3) is 0 Å². The molecule has 0 bridgehead atoms. The summed E-state index contributed by atoms with van der Waals surface area (Å²) >= 11 is 3.08. The number of carbonyl (C=O) groups is 3. The van der Waals surface area contributed by atoms with Crippen LogP contribution in [0.1, 0.15) is 12.5 Å². The van der Waals surface area contributed by atoms with E-state index in [0.29, 0.717) is 16.8 Å². The van der Waals surface area contributed by atoms with Crippen LogP contribution in [-0.2, 0) is 19.1 Å². The molecule has 23 heavy (non-hydrogen) atoms. The van der Waals surface area contributed by atoms with E-state index < -0.39 is 17.8 Å². The number of halogens is 1. The lowest BCUT2D eigenvalue weighted by molar-refractivity contribution is -0.137. The number of rotatable bonds is 6. The van der Waals surface area contributed by atoms with Gasteiger partial charge in [-0.1, -0.05) is 34.6 Å². The molecular formula is C16H17BrN2O4. The molecule has 2 amide bonds. The van der Waals surface area contributed by atoms with Gasteiger partial charge in [0.1, 0.15) is 0 Å². The van der Waals surface area contributed by atoms with E-state index in [2.05, 4.69) is 33.1 Å². The van der Waals surface area contributed by atoms with Gasteiger partial charge in [-0.3, -0.25) is 9.59 Å². The van der Waals surface area contributed by atoms with Crippen molar-refractivity contribution in [3.05, 3.63) is 47.0 Å². The number of hydrogen-bond acceptors (Lipinski definition) is 4. The Hall–Kier alpha value is -2.41. The zero-order chi connectivity index (χ0) is 17.2. The van der Waals surface area contributed by atoms with Crippen LogP contribution in [0.2, 0.25) is 0 Å². The Morgan fingerprint density at radius 3 is 2.43 bits per heavy atom. The Labute approximate surface area is 142 Å². The highest BCUT2D eigenvalue weighted by Crippen LogP contribution is 2.11. The standard InChI is InChI=1S/C16H17BrN2O4/c1-3-23-14(20)9-6-12-4-7-13(8-5-12)19-16(22)15(21)18-10-11(2)17/h4-9H,2-3,10H2,1H3,(H,18,21)(H,19,22)/b9-6+. The van der Waals surface area contributed by atoms with Gasteiger partial charge in [-0.2, -0.15) is 0 Å². The highest BCUT2D eigenvalue weighted by molar-refractivity contribution is 9.11. The highest BCUT2D eigenvalue weighted by atomic mass is 79.9. The minimum absolute atomic E-state index is 0.170. The summed E-state index contributed by atoms with van der Waals surface area (Å²) in [6.45, 7) is 5.77. The van der Waals surface area contributed by atoms with Gasteiger partial charge in [0.15, 0.2) is 0 Å². The van der Waals surface area contributed by atoms with Crippen LogP contribution in [0, 0.1) is 0 Å². The molecule has 1 aromatic carbocycles. The Bertz CT molecular complexity index is 623. The zero-order valence-electron chi connectivity index (χ0n) is 12.6. The second kappa shape index (κ2) is 9.58. The molecule has 1 aromatic rings. The second-order valence-electron chi connectivity index (χ2n) is 4.36. The molecule has 122 valence electrons. The summed E-state index contributed by atoms with van der Waals surface area (Å²) in [5.74, 6) is -1.94. The molecule has 0 aliphatic carbocycles. The summed E-state index contributed by atoms with van der Waals surface area (Å²) in [6.07, 6.45) is 2.91. The number of benzene rings is 1. The zero-order valence-corrected chi connectivity index (χ0v) is 14.2. The molecule has 0 spiro atoms. The molecule has 0 heterocycles. The monoisotopic (exact) mass is 380 g/mol. The molecular weight excluding hydrogens is 364 g/mol. The van der Waals surface area contributed by atoms with Gasteiger partial charge in [-0.25, -0.2) is 4.79 Å². The third-order valence-corrected chi connectivity index (χ3v) is 2.79. The predicted octanol–water partition coefficient (Wildman–Crippen LogP) is 2.23. The van der Waals surface area contributed by atoms with E-state index in [9.17, 15) is 14.4 Å². The summed E-state index contributed by atoms with van der Waals surface area (Å²) in [4.78, 5) is 34.4. The fourth-order valence-corrected chi connectivity index (χ4v) is 1.62. The topological polar surface area (TPSA) is 84.5 Å². The van der Waals surface area contributed by atoms with Crippen molar-refractivity contribution in [1.29, 1.82) is 0 Å². The number of nitrogens with one attached hydrogen (secondary N) is 2. The molecule has 0 saturated heterocycles. The molecule has 6 nitrogen and oxygen atoms in total. The molecule has 0 saturated carbocycles. The van der Waals surface area contributed by atoms with Crippen LogP contribution in [0.5, 0.6) is 0 Å². The third-order valence-electron chi connectivity index (χ3n) is 2.51. The van der Waals surface area contributed by atoms with Crippen LogP contribution in [0.3, 0.4) is 0 Å². The van der Waals surface area contributed by atoms with Crippen LogP contribution in [-0.4, -0.2) is 30.9 Å². The number of anilines is 1. The van der Waals surface area contributed by atoms with Crippen LogP contribution in [0.25, 0.3) is 6.08 Å². The van der Waals surface area contributed by atoms with Gasteiger partial charge >= 0.3 is 17.8 Å². The van der Waals surface area contributed by atoms with E-state index in [1.807, 2.05) is 0 Å². The maximum absolute atomic E-state index is 11.7. The maximum atomic E-state index is 11.7. The molecule has 0 atom stereocenters. The lowest BCUT2D eigenvalue weighted by Crippen LogP contribution is -2.35. The molecule has 0 aliphatic heterocycles. The third kappa shape index (κ3) is 7.42. The van der Waals surface area contributed by atoms with E-state index in [1.54, 1.807) is 37.3 Å². The number of esters is 1. The van der Waals surface area contributed by atoms with Crippen LogP contribution in [0.4, 0.5) is 5.69 Å². The van der Waals surface area contributed by atoms with Crippen molar-refractivity contribution in [2.45, 2.75) is 6.92 Å². The number of ether oxygens (including phenoxy) is 1. The normalized spacial score (nSPS) is 10.2.